The van der Waals surface area contributed by atoms with Crippen LogP contribution in [0.15, 0.2) is 12.2 Å². The smallest absolute Gasteiger partial charge is 0.333 e. The standard InChI is InChI=1S/C20H36O4/c1-3-4-5-6-7-8-9-10-11-12-13-14-15-16-24-20(23)18(2)17-19(21)22/h2-17H2,1H3,(H,21,22). The summed E-state index contributed by atoms with van der Waals surface area (Å²) in [6.45, 7) is 6.03. The molecule has 0 heterocycles. The summed E-state index contributed by atoms with van der Waals surface area (Å²) in [4.78, 5) is 21.9. The van der Waals surface area contributed by atoms with Gasteiger partial charge in [-0.2, -0.15) is 0 Å². The Morgan fingerprint density at radius 1 is 0.792 bits per heavy atom. The summed E-state index contributed by atoms with van der Waals surface area (Å²) in [5.74, 6) is -1.64. The molecule has 140 valence electrons. The van der Waals surface area contributed by atoms with Crippen LogP contribution < -0.4 is 0 Å². The molecule has 0 spiro atoms. The highest BCUT2D eigenvalue weighted by Gasteiger charge is 2.11. The van der Waals surface area contributed by atoms with Crippen LogP contribution >= 0.6 is 0 Å². The summed E-state index contributed by atoms with van der Waals surface area (Å²) in [5, 5.41) is 8.56. The van der Waals surface area contributed by atoms with E-state index in [1.807, 2.05) is 0 Å². The third-order valence-electron chi connectivity index (χ3n) is 4.13. The van der Waals surface area contributed by atoms with Crippen LogP contribution in [0.4, 0.5) is 0 Å². The van der Waals surface area contributed by atoms with Gasteiger partial charge in [-0.15, -0.1) is 0 Å². The molecule has 0 aromatic rings. The van der Waals surface area contributed by atoms with Crippen molar-refractivity contribution >= 4 is 11.9 Å². The van der Waals surface area contributed by atoms with E-state index in [0.29, 0.717) is 6.61 Å². The van der Waals surface area contributed by atoms with Crippen LogP contribution in [0.25, 0.3) is 0 Å². The first-order chi connectivity index (χ1) is 11.6. The average Bonchev–Trinajstić information content (AvgIpc) is 2.54. The lowest BCUT2D eigenvalue weighted by molar-refractivity contribution is -0.142. The molecule has 1 N–H and O–H groups in total. The average molecular weight is 341 g/mol. The molecule has 4 nitrogen and oxygen atoms in total. The number of esters is 1. The highest BCUT2D eigenvalue weighted by atomic mass is 16.5. The van der Waals surface area contributed by atoms with Gasteiger partial charge < -0.3 is 9.84 Å². The van der Waals surface area contributed by atoms with Crippen molar-refractivity contribution in [1.29, 1.82) is 0 Å². The number of aliphatic carboxylic acids is 1. The van der Waals surface area contributed by atoms with Crippen LogP contribution in [-0.4, -0.2) is 23.7 Å². The predicted molar refractivity (Wildman–Crippen MR) is 98.0 cm³/mol. The summed E-state index contributed by atoms with van der Waals surface area (Å²) >= 11 is 0. The molecule has 0 atom stereocenters. The van der Waals surface area contributed by atoms with Gasteiger partial charge in [-0.1, -0.05) is 90.6 Å². The quantitative estimate of drug-likeness (QED) is 0.211. The molecule has 0 fully saturated rings. The lowest BCUT2D eigenvalue weighted by Crippen LogP contribution is -2.11. The van der Waals surface area contributed by atoms with Crippen molar-refractivity contribution in [1.82, 2.24) is 0 Å². The minimum absolute atomic E-state index is 0.0113. The second kappa shape index (κ2) is 16.5. The molecule has 24 heavy (non-hydrogen) atoms. The van der Waals surface area contributed by atoms with E-state index >= 15 is 0 Å². The van der Waals surface area contributed by atoms with Gasteiger partial charge in [0.2, 0.25) is 0 Å². The molecule has 0 unspecified atom stereocenters. The maximum Gasteiger partial charge on any atom is 0.333 e. The lowest BCUT2D eigenvalue weighted by Gasteiger charge is -2.06. The molecule has 4 heteroatoms. The Bertz CT molecular complexity index is 350. The normalized spacial score (nSPS) is 10.5. The summed E-state index contributed by atoms with van der Waals surface area (Å²) in [6.07, 6.45) is 16.2. The first-order valence-electron chi connectivity index (χ1n) is 9.64. The van der Waals surface area contributed by atoms with Gasteiger partial charge >= 0.3 is 11.9 Å². The third-order valence-corrected chi connectivity index (χ3v) is 4.13. The molecule has 0 bridgehead atoms. The van der Waals surface area contributed by atoms with Gasteiger partial charge in [-0.25, -0.2) is 4.79 Å². The molecule has 0 radical (unpaired) electrons. The van der Waals surface area contributed by atoms with Gasteiger partial charge in [0.15, 0.2) is 0 Å². The molecule has 0 aromatic heterocycles. The van der Waals surface area contributed by atoms with Crippen molar-refractivity contribution in [2.45, 2.75) is 96.8 Å². The van der Waals surface area contributed by atoms with E-state index in [0.717, 1.165) is 12.8 Å². The predicted octanol–water partition coefficient (Wildman–Crippen LogP) is 5.65. The molecule has 0 aliphatic carbocycles. The van der Waals surface area contributed by atoms with E-state index in [1.54, 1.807) is 0 Å². The van der Waals surface area contributed by atoms with Crippen molar-refractivity contribution in [3.05, 3.63) is 12.2 Å². The Hall–Kier alpha value is -1.32. The highest BCUT2D eigenvalue weighted by Crippen LogP contribution is 2.12. The minimum Gasteiger partial charge on any atom is -0.481 e. The van der Waals surface area contributed by atoms with E-state index in [4.69, 9.17) is 9.84 Å². The monoisotopic (exact) mass is 340 g/mol. The van der Waals surface area contributed by atoms with E-state index in [9.17, 15) is 9.59 Å². The third kappa shape index (κ3) is 15.6. The van der Waals surface area contributed by atoms with Gasteiger partial charge in [-0.05, 0) is 6.42 Å². The van der Waals surface area contributed by atoms with Crippen LogP contribution in [0, 0.1) is 0 Å². The molecular formula is C20H36O4. The molecule has 0 rings (SSSR count). The van der Waals surface area contributed by atoms with Gasteiger partial charge in [0.25, 0.3) is 0 Å². The van der Waals surface area contributed by atoms with Crippen molar-refractivity contribution < 1.29 is 19.4 Å². The van der Waals surface area contributed by atoms with Gasteiger partial charge in [0.05, 0.1) is 13.0 Å². The van der Waals surface area contributed by atoms with Gasteiger partial charge in [0, 0.05) is 5.57 Å². The van der Waals surface area contributed by atoms with Crippen molar-refractivity contribution in [2.24, 2.45) is 0 Å². The number of hydrogen-bond donors (Lipinski definition) is 1. The van der Waals surface area contributed by atoms with E-state index < -0.39 is 11.9 Å². The second-order valence-corrected chi connectivity index (χ2v) is 6.55. The number of carboxylic acid groups (broad SMARTS) is 1. The molecule has 0 saturated heterocycles. The van der Waals surface area contributed by atoms with Crippen LogP contribution in [0.2, 0.25) is 0 Å². The first kappa shape index (κ1) is 22.7. The number of hydrogen-bond acceptors (Lipinski definition) is 3. The van der Waals surface area contributed by atoms with Crippen molar-refractivity contribution in [3.8, 4) is 0 Å². The van der Waals surface area contributed by atoms with E-state index in [1.165, 1.54) is 70.6 Å². The molecule has 0 amide bonds. The zero-order valence-electron chi connectivity index (χ0n) is 15.5. The first-order valence-corrected chi connectivity index (χ1v) is 9.64. The fourth-order valence-electron chi connectivity index (χ4n) is 2.64. The maximum absolute atomic E-state index is 11.4. The van der Waals surface area contributed by atoms with Gasteiger partial charge in [-0.3, -0.25) is 4.79 Å². The zero-order chi connectivity index (χ0) is 18.0. The fourth-order valence-corrected chi connectivity index (χ4v) is 2.64. The summed E-state index contributed by atoms with van der Waals surface area (Å²) in [5.41, 5.74) is 0.0113. The minimum atomic E-state index is -1.06. The Labute approximate surface area is 147 Å². The number of carbonyl (C=O) groups excluding carboxylic acids is 1. The number of carboxylic acids is 1. The van der Waals surface area contributed by atoms with Crippen LogP contribution in [0.3, 0.4) is 0 Å². The van der Waals surface area contributed by atoms with Crippen molar-refractivity contribution in [2.75, 3.05) is 6.61 Å². The Morgan fingerprint density at radius 3 is 1.62 bits per heavy atom. The summed E-state index contributed by atoms with van der Waals surface area (Å²) in [6, 6.07) is 0. The summed E-state index contributed by atoms with van der Waals surface area (Å²) < 4.78 is 5.00. The van der Waals surface area contributed by atoms with Crippen molar-refractivity contribution in [3.63, 3.8) is 0 Å². The molecule has 0 aliphatic rings. The second-order valence-electron chi connectivity index (χ2n) is 6.55. The zero-order valence-corrected chi connectivity index (χ0v) is 15.5. The van der Waals surface area contributed by atoms with Crippen LogP contribution in [0.5, 0.6) is 0 Å². The Morgan fingerprint density at radius 2 is 1.21 bits per heavy atom. The molecule has 0 aliphatic heterocycles. The SMILES string of the molecule is C=C(CC(=O)O)C(=O)OCCCCCCCCCCCCCCC. The van der Waals surface area contributed by atoms with E-state index in [2.05, 4.69) is 13.5 Å². The van der Waals surface area contributed by atoms with E-state index in [-0.39, 0.29) is 12.0 Å². The number of carbonyl (C=O) groups is 2. The summed E-state index contributed by atoms with van der Waals surface area (Å²) in [7, 11) is 0. The number of ether oxygens (including phenoxy) is 1. The molecular weight excluding hydrogens is 304 g/mol. The largest absolute Gasteiger partial charge is 0.481 e. The Kier molecular flexibility index (Phi) is 15.6. The fraction of sp³-hybridized carbons (Fsp3) is 0.800. The Balaban J connectivity index is 3.24. The number of rotatable bonds is 17. The lowest BCUT2D eigenvalue weighted by atomic mass is 10.0. The topological polar surface area (TPSA) is 63.6 Å². The van der Waals surface area contributed by atoms with Crippen LogP contribution in [-0.2, 0) is 14.3 Å². The van der Waals surface area contributed by atoms with Gasteiger partial charge in [0.1, 0.15) is 0 Å². The highest BCUT2D eigenvalue weighted by molar-refractivity contribution is 5.92. The molecule has 0 saturated carbocycles. The van der Waals surface area contributed by atoms with Crippen LogP contribution in [0.1, 0.15) is 96.8 Å². The molecule has 0 aromatic carbocycles. The maximum atomic E-state index is 11.4. The number of unbranched alkanes of at least 4 members (excludes halogenated alkanes) is 12.